The summed E-state index contributed by atoms with van der Waals surface area (Å²) in [6.07, 6.45) is 2.00. The van der Waals surface area contributed by atoms with E-state index in [1.165, 1.54) is 0 Å². The van der Waals surface area contributed by atoms with Crippen molar-refractivity contribution >= 4 is 23.1 Å². The first-order valence-electron chi connectivity index (χ1n) is 10.6. The van der Waals surface area contributed by atoms with Crippen LogP contribution in [0.15, 0.2) is 36.4 Å². The van der Waals surface area contributed by atoms with Gasteiger partial charge in [0.25, 0.3) is 0 Å². The molecule has 0 unspecified atom stereocenters. The summed E-state index contributed by atoms with van der Waals surface area (Å²) in [6, 6.07) is 12.2. The molecule has 0 radical (unpaired) electrons. The Balaban J connectivity index is 0.000000520. The number of imidazole rings is 1. The lowest BCUT2D eigenvalue weighted by Gasteiger charge is -2.07. The molecule has 3 aromatic rings. The van der Waals surface area contributed by atoms with Crippen molar-refractivity contribution in [2.24, 2.45) is 0 Å². The number of aromatic nitrogens is 4. The van der Waals surface area contributed by atoms with Crippen LogP contribution >= 0.6 is 0 Å². The van der Waals surface area contributed by atoms with Crippen molar-refractivity contribution in [2.75, 3.05) is 32.7 Å². The van der Waals surface area contributed by atoms with Gasteiger partial charge in [-0.3, -0.25) is 4.57 Å². The van der Waals surface area contributed by atoms with E-state index in [9.17, 15) is 4.79 Å². The van der Waals surface area contributed by atoms with Gasteiger partial charge in [-0.05, 0) is 13.3 Å². The number of unbranched alkanes of at least 4 members (excludes halogenated alkanes) is 2. The number of nitrogens with zero attached hydrogens (tertiary/aromatic N) is 4. The van der Waals surface area contributed by atoms with Gasteiger partial charge in [0.1, 0.15) is 6.61 Å². The molecule has 0 aliphatic carbocycles. The highest BCUT2D eigenvalue weighted by atomic mass is 16.7. The summed E-state index contributed by atoms with van der Waals surface area (Å²) in [5.41, 5.74) is 6.68. The van der Waals surface area contributed by atoms with Crippen LogP contribution in [0.1, 0.15) is 33.1 Å². The van der Waals surface area contributed by atoms with E-state index in [-0.39, 0.29) is 24.4 Å². The summed E-state index contributed by atoms with van der Waals surface area (Å²) in [6.45, 7) is 5.38. The number of anilines is 1. The van der Waals surface area contributed by atoms with Crippen LogP contribution in [0.25, 0.3) is 11.2 Å². The maximum atomic E-state index is 11.8. The first-order chi connectivity index (χ1) is 15.6. The second-order valence-electron chi connectivity index (χ2n) is 6.61. The van der Waals surface area contributed by atoms with Gasteiger partial charge in [-0.15, -0.1) is 0 Å². The quantitative estimate of drug-likeness (QED) is 0.366. The minimum atomic E-state index is -0.811. The second kappa shape index (κ2) is 13.8. The number of fused-ring (bicyclic) bond motifs is 1. The van der Waals surface area contributed by atoms with E-state index < -0.39 is 6.16 Å². The molecule has 2 aromatic heterocycles. The Labute approximate surface area is 187 Å². The van der Waals surface area contributed by atoms with Crippen molar-refractivity contribution in [3.05, 3.63) is 36.4 Å². The van der Waals surface area contributed by atoms with E-state index >= 15 is 0 Å². The smallest absolute Gasteiger partial charge is 0.461 e. The molecule has 2 N–H and O–H groups in total. The standard InChI is InChI=1S/C16H25N5O5.C6H6/c1-4-6-7-8-25-16(22)26-15-18-11-12(17)19-14(24-10-9-23-3)20-13(11)21(15)5-2;1-2-4-6-5-3-1/h4-10H2,1-3H3,(H2,17,19,20);1-6H. The van der Waals surface area contributed by atoms with Crippen LogP contribution in [-0.4, -0.2) is 52.6 Å². The summed E-state index contributed by atoms with van der Waals surface area (Å²) in [7, 11) is 1.57. The molecule has 1 aromatic carbocycles. The largest absolute Gasteiger partial charge is 0.516 e. The summed E-state index contributed by atoms with van der Waals surface area (Å²) in [5, 5.41) is 0. The number of benzene rings is 1. The molecule has 10 heteroatoms. The van der Waals surface area contributed by atoms with Gasteiger partial charge in [-0.1, -0.05) is 56.2 Å². The third-order valence-corrected chi connectivity index (χ3v) is 4.21. The summed E-state index contributed by atoms with van der Waals surface area (Å²) in [5.74, 6) is 0.135. The molecule has 0 saturated carbocycles. The number of ether oxygens (including phenoxy) is 4. The molecule has 0 amide bonds. The van der Waals surface area contributed by atoms with Crippen LogP contribution in [0, 0.1) is 0 Å². The molecule has 0 fully saturated rings. The Morgan fingerprint density at radius 3 is 2.25 bits per heavy atom. The molecule has 3 rings (SSSR count). The molecule has 0 atom stereocenters. The molecule has 2 heterocycles. The molecule has 10 nitrogen and oxygen atoms in total. The van der Waals surface area contributed by atoms with E-state index in [0.717, 1.165) is 19.3 Å². The Hall–Kier alpha value is -3.40. The Morgan fingerprint density at radius 1 is 0.969 bits per heavy atom. The highest BCUT2D eigenvalue weighted by molar-refractivity contribution is 5.83. The van der Waals surface area contributed by atoms with Crippen LogP contribution in [0.3, 0.4) is 0 Å². The first-order valence-corrected chi connectivity index (χ1v) is 10.6. The predicted octanol–water partition coefficient (Wildman–Crippen LogP) is 3.85. The highest BCUT2D eigenvalue weighted by Gasteiger charge is 2.20. The topological polar surface area (TPSA) is 124 Å². The number of aryl methyl sites for hydroxylation is 1. The number of carbonyl (C=O) groups is 1. The van der Waals surface area contributed by atoms with Gasteiger partial charge < -0.3 is 24.7 Å². The van der Waals surface area contributed by atoms with Crippen molar-refractivity contribution in [3.63, 3.8) is 0 Å². The van der Waals surface area contributed by atoms with Crippen LogP contribution in [0.4, 0.5) is 10.6 Å². The van der Waals surface area contributed by atoms with Crippen molar-refractivity contribution in [2.45, 2.75) is 39.7 Å². The average Bonchev–Trinajstić information content (AvgIpc) is 3.16. The van der Waals surface area contributed by atoms with E-state index in [1.807, 2.05) is 43.3 Å². The number of nitrogens with two attached hydrogens (primary N) is 1. The zero-order chi connectivity index (χ0) is 23.2. The molecule has 32 heavy (non-hydrogen) atoms. The van der Waals surface area contributed by atoms with E-state index in [0.29, 0.717) is 30.9 Å². The number of hydrogen-bond acceptors (Lipinski definition) is 9. The number of methoxy groups -OCH3 is 1. The summed E-state index contributed by atoms with van der Waals surface area (Å²) >= 11 is 0. The van der Waals surface area contributed by atoms with Crippen LogP contribution < -0.4 is 15.2 Å². The zero-order valence-corrected chi connectivity index (χ0v) is 18.8. The highest BCUT2D eigenvalue weighted by Crippen LogP contribution is 2.25. The lowest BCUT2D eigenvalue weighted by atomic mass is 10.3. The molecular formula is C22H31N5O5. The fourth-order valence-corrected chi connectivity index (χ4v) is 2.62. The third-order valence-electron chi connectivity index (χ3n) is 4.21. The average molecular weight is 446 g/mol. The second-order valence-corrected chi connectivity index (χ2v) is 6.61. The van der Waals surface area contributed by atoms with Crippen molar-refractivity contribution in [3.8, 4) is 12.0 Å². The number of rotatable bonds is 10. The lowest BCUT2D eigenvalue weighted by molar-refractivity contribution is 0.0930. The number of hydrogen-bond donors (Lipinski definition) is 1. The van der Waals surface area contributed by atoms with Crippen molar-refractivity contribution < 1.29 is 23.7 Å². The lowest BCUT2D eigenvalue weighted by Crippen LogP contribution is -2.14. The molecule has 0 aliphatic rings. The van der Waals surface area contributed by atoms with Crippen LogP contribution in [0.5, 0.6) is 12.0 Å². The van der Waals surface area contributed by atoms with Gasteiger partial charge in [0, 0.05) is 13.7 Å². The van der Waals surface area contributed by atoms with Gasteiger partial charge in [0.05, 0.1) is 13.2 Å². The molecule has 0 spiro atoms. The minimum absolute atomic E-state index is 0.0537. The van der Waals surface area contributed by atoms with Gasteiger partial charge in [0.15, 0.2) is 17.0 Å². The normalized spacial score (nSPS) is 10.3. The predicted molar refractivity (Wildman–Crippen MR) is 121 cm³/mol. The summed E-state index contributed by atoms with van der Waals surface area (Å²) < 4.78 is 22.2. The number of nitrogen functional groups attached to an aromatic ring is 1. The van der Waals surface area contributed by atoms with Crippen LogP contribution in [-0.2, 0) is 16.0 Å². The maximum absolute atomic E-state index is 11.8. The molecular weight excluding hydrogens is 414 g/mol. The molecule has 174 valence electrons. The first kappa shape index (κ1) is 24.9. The van der Waals surface area contributed by atoms with E-state index in [1.54, 1.807) is 11.7 Å². The third kappa shape index (κ3) is 7.69. The Morgan fingerprint density at radius 2 is 1.66 bits per heavy atom. The monoisotopic (exact) mass is 445 g/mol. The molecule has 0 aliphatic heterocycles. The fraction of sp³-hybridized carbons (Fsp3) is 0.455. The van der Waals surface area contributed by atoms with Gasteiger partial charge in [-0.25, -0.2) is 4.79 Å². The van der Waals surface area contributed by atoms with Crippen molar-refractivity contribution in [1.82, 2.24) is 19.5 Å². The number of carbonyl (C=O) groups excluding carboxylic acids is 1. The van der Waals surface area contributed by atoms with Gasteiger partial charge >= 0.3 is 18.2 Å². The van der Waals surface area contributed by atoms with Gasteiger partial charge in [-0.2, -0.15) is 15.0 Å². The minimum Gasteiger partial charge on any atom is -0.461 e. The SMILES string of the molecule is CCCCCOC(=O)Oc1nc2c(N)nc(OCCOC)nc2n1CC.c1ccccc1. The Bertz CT molecular complexity index is 922. The zero-order valence-electron chi connectivity index (χ0n) is 18.8. The van der Waals surface area contributed by atoms with Crippen molar-refractivity contribution in [1.29, 1.82) is 0 Å². The molecule has 0 bridgehead atoms. The Kier molecular flexibility index (Phi) is 10.7. The fourth-order valence-electron chi connectivity index (χ4n) is 2.62. The van der Waals surface area contributed by atoms with Gasteiger partial charge in [0.2, 0.25) is 0 Å². The van der Waals surface area contributed by atoms with E-state index in [2.05, 4.69) is 21.9 Å². The van der Waals surface area contributed by atoms with Crippen LogP contribution in [0.2, 0.25) is 0 Å². The maximum Gasteiger partial charge on any atom is 0.516 e. The summed E-state index contributed by atoms with van der Waals surface area (Å²) in [4.78, 5) is 24.4. The molecule has 0 saturated heterocycles. The van der Waals surface area contributed by atoms with E-state index in [4.69, 9.17) is 24.7 Å².